The monoisotopic (exact) mass is 346 g/mol. The number of nitrogens with two attached hydrogens (primary N) is 1. The summed E-state index contributed by atoms with van der Waals surface area (Å²) in [7, 11) is 3.26. The Labute approximate surface area is 150 Å². The molecule has 2 atom stereocenters. The number of hydrogen-bond donors (Lipinski definition) is 2. The van der Waals surface area contributed by atoms with E-state index in [-0.39, 0.29) is 11.8 Å². The van der Waals surface area contributed by atoms with E-state index in [2.05, 4.69) is 5.32 Å². The minimum atomic E-state index is 0.139. The molecule has 2 unspecified atom stereocenters. The van der Waals surface area contributed by atoms with Crippen molar-refractivity contribution in [2.45, 2.75) is 44.6 Å². The first-order chi connectivity index (χ1) is 12.1. The second-order valence-electron chi connectivity index (χ2n) is 7.43. The zero-order valence-corrected chi connectivity index (χ0v) is 15.3. The molecule has 3 rings (SSSR count). The molecule has 2 saturated carbocycles. The van der Waals surface area contributed by atoms with Gasteiger partial charge in [-0.05, 0) is 61.6 Å². The highest BCUT2D eigenvalue weighted by atomic mass is 16.5. The molecule has 0 aromatic heterocycles. The first-order valence-electron chi connectivity index (χ1n) is 9.36. The van der Waals surface area contributed by atoms with E-state index < -0.39 is 0 Å². The molecule has 2 aliphatic carbocycles. The molecule has 2 aliphatic rings. The third-order valence-corrected chi connectivity index (χ3v) is 5.94. The summed E-state index contributed by atoms with van der Waals surface area (Å²) in [6.07, 6.45) is 6.35. The van der Waals surface area contributed by atoms with Crippen LogP contribution in [0.1, 0.15) is 37.7 Å². The summed E-state index contributed by atoms with van der Waals surface area (Å²) in [5, 5.41) is 3.12. The third-order valence-electron chi connectivity index (χ3n) is 5.94. The molecule has 1 amide bonds. The largest absolute Gasteiger partial charge is 0.493 e. The van der Waals surface area contributed by atoms with Crippen LogP contribution in [0, 0.1) is 17.8 Å². The highest BCUT2D eigenvalue weighted by Crippen LogP contribution is 2.41. The Morgan fingerprint density at radius 1 is 1.16 bits per heavy atom. The van der Waals surface area contributed by atoms with Crippen molar-refractivity contribution in [3.8, 4) is 11.5 Å². The molecule has 0 spiro atoms. The normalized spacial score (nSPS) is 28.3. The van der Waals surface area contributed by atoms with Gasteiger partial charge in [0.05, 0.1) is 14.2 Å². The molecule has 138 valence electrons. The van der Waals surface area contributed by atoms with Crippen molar-refractivity contribution < 1.29 is 14.3 Å². The molecule has 5 heteroatoms. The smallest absolute Gasteiger partial charge is 0.223 e. The first-order valence-corrected chi connectivity index (χ1v) is 9.36. The molecular formula is C20H30N2O3. The summed E-state index contributed by atoms with van der Waals surface area (Å²) in [4.78, 5) is 12.6. The second kappa shape index (κ2) is 8.09. The lowest BCUT2D eigenvalue weighted by atomic mass is 9.65. The SMILES string of the molecule is COc1ccc(CCNC(=O)C2CC3CCCC(C2)C3N)cc1OC. The average molecular weight is 346 g/mol. The van der Waals surface area contributed by atoms with Crippen molar-refractivity contribution >= 4 is 5.91 Å². The number of rotatable bonds is 6. The zero-order valence-electron chi connectivity index (χ0n) is 15.3. The molecule has 2 fully saturated rings. The van der Waals surface area contributed by atoms with Gasteiger partial charge in [-0.2, -0.15) is 0 Å². The number of methoxy groups -OCH3 is 2. The quantitative estimate of drug-likeness (QED) is 0.830. The number of hydrogen-bond acceptors (Lipinski definition) is 4. The van der Waals surface area contributed by atoms with Gasteiger partial charge in [0.1, 0.15) is 0 Å². The summed E-state index contributed by atoms with van der Waals surface area (Å²) in [6, 6.07) is 6.19. The van der Waals surface area contributed by atoms with Crippen LogP contribution in [0.5, 0.6) is 11.5 Å². The van der Waals surface area contributed by atoms with Crippen molar-refractivity contribution in [1.82, 2.24) is 5.32 Å². The van der Waals surface area contributed by atoms with Crippen LogP contribution in [0.2, 0.25) is 0 Å². The number of ether oxygens (including phenoxy) is 2. The Bertz CT molecular complexity index is 591. The van der Waals surface area contributed by atoms with Gasteiger partial charge < -0.3 is 20.5 Å². The highest BCUT2D eigenvalue weighted by molar-refractivity contribution is 5.78. The molecule has 5 nitrogen and oxygen atoms in total. The van der Waals surface area contributed by atoms with Gasteiger partial charge in [0.2, 0.25) is 5.91 Å². The maximum absolute atomic E-state index is 12.6. The predicted octanol–water partition coefficient (Wildman–Crippen LogP) is 2.52. The lowest BCUT2D eigenvalue weighted by Crippen LogP contribution is -2.49. The highest BCUT2D eigenvalue weighted by Gasteiger charge is 2.40. The van der Waals surface area contributed by atoms with Crippen LogP contribution in [-0.2, 0) is 11.2 Å². The van der Waals surface area contributed by atoms with Gasteiger partial charge in [-0.25, -0.2) is 0 Å². The lowest BCUT2D eigenvalue weighted by Gasteiger charge is -2.43. The van der Waals surface area contributed by atoms with Crippen LogP contribution >= 0.6 is 0 Å². The Hall–Kier alpha value is -1.75. The van der Waals surface area contributed by atoms with Crippen LogP contribution in [0.15, 0.2) is 18.2 Å². The van der Waals surface area contributed by atoms with Gasteiger partial charge in [0, 0.05) is 18.5 Å². The van der Waals surface area contributed by atoms with Crippen LogP contribution in [0.3, 0.4) is 0 Å². The number of benzene rings is 1. The van der Waals surface area contributed by atoms with Gasteiger partial charge in [-0.3, -0.25) is 4.79 Å². The van der Waals surface area contributed by atoms with E-state index in [1.807, 2.05) is 18.2 Å². The molecule has 25 heavy (non-hydrogen) atoms. The molecule has 2 bridgehead atoms. The van der Waals surface area contributed by atoms with E-state index in [4.69, 9.17) is 15.2 Å². The Morgan fingerprint density at radius 2 is 1.84 bits per heavy atom. The van der Waals surface area contributed by atoms with Crippen LogP contribution < -0.4 is 20.5 Å². The third kappa shape index (κ3) is 4.09. The lowest BCUT2D eigenvalue weighted by molar-refractivity contribution is -0.127. The van der Waals surface area contributed by atoms with Gasteiger partial charge in [-0.15, -0.1) is 0 Å². The van der Waals surface area contributed by atoms with Crippen molar-refractivity contribution in [3.05, 3.63) is 23.8 Å². The maximum atomic E-state index is 12.6. The van der Waals surface area contributed by atoms with Gasteiger partial charge >= 0.3 is 0 Å². The van der Waals surface area contributed by atoms with Crippen molar-refractivity contribution in [3.63, 3.8) is 0 Å². The molecule has 0 heterocycles. The summed E-state index contributed by atoms with van der Waals surface area (Å²) in [5.41, 5.74) is 7.45. The molecule has 0 saturated heterocycles. The van der Waals surface area contributed by atoms with Crippen LogP contribution in [0.4, 0.5) is 0 Å². The van der Waals surface area contributed by atoms with E-state index in [0.29, 0.717) is 24.4 Å². The van der Waals surface area contributed by atoms with Gasteiger partial charge in [0.25, 0.3) is 0 Å². The topological polar surface area (TPSA) is 73.6 Å². The fourth-order valence-electron chi connectivity index (χ4n) is 4.51. The van der Waals surface area contributed by atoms with E-state index >= 15 is 0 Å². The Morgan fingerprint density at radius 3 is 2.48 bits per heavy atom. The van der Waals surface area contributed by atoms with Crippen molar-refractivity contribution in [1.29, 1.82) is 0 Å². The Balaban J connectivity index is 1.50. The summed E-state index contributed by atoms with van der Waals surface area (Å²) >= 11 is 0. The van der Waals surface area contributed by atoms with Crippen molar-refractivity contribution in [2.24, 2.45) is 23.5 Å². The average Bonchev–Trinajstić information content (AvgIpc) is 2.61. The standard InChI is InChI=1S/C20H30N2O3/c1-24-17-7-6-13(10-18(17)25-2)8-9-22-20(23)16-11-14-4-3-5-15(12-16)19(14)21/h6-7,10,14-16,19H,3-5,8-9,11-12,21H2,1-2H3,(H,22,23). The minimum Gasteiger partial charge on any atom is -0.493 e. The van der Waals surface area contributed by atoms with E-state index in [9.17, 15) is 4.79 Å². The van der Waals surface area contributed by atoms with Crippen molar-refractivity contribution in [2.75, 3.05) is 20.8 Å². The summed E-state index contributed by atoms with van der Waals surface area (Å²) in [6.45, 7) is 0.645. The number of carbonyl (C=O) groups excluding carboxylic acids is 1. The molecule has 1 aromatic carbocycles. The van der Waals surface area contributed by atoms with Crippen LogP contribution in [0.25, 0.3) is 0 Å². The molecule has 1 aromatic rings. The fraction of sp³-hybridized carbons (Fsp3) is 0.650. The molecule has 0 aliphatic heterocycles. The summed E-state index contributed by atoms with van der Waals surface area (Å²) in [5.74, 6) is 2.86. The number of fused-ring (bicyclic) bond motifs is 2. The minimum absolute atomic E-state index is 0.139. The Kier molecular flexibility index (Phi) is 5.84. The molecule has 3 N–H and O–H groups in total. The molecule has 0 radical (unpaired) electrons. The first kappa shape index (κ1) is 18.1. The zero-order chi connectivity index (χ0) is 17.8. The predicted molar refractivity (Wildman–Crippen MR) is 97.8 cm³/mol. The van der Waals surface area contributed by atoms with E-state index in [1.54, 1.807) is 14.2 Å². The number of nitrogens with one attached hydrogen (secondary N) is 1. The van der Waals surface area contributed by atoms with Gasteiger partial charge in [-0.1, -0.05) is 12.5 Å². The maximum Gasteiger partial charge on any atom is 0.223 e. The van der Waals surface area contributed by atoms with E-state index in [1.165, 1.54) is 19.3 Å². The summed E-state index contributed by atoms with van der Waals surface area (Å²) < 4.78 is 10.6. The van der Waals surface area contributed by atoms with Gasteiger partial charge in [0.15, 0.2) is 11.5 Å². The van der Waals surface area contributed by atoms with E-state index in [0.717, 1.165) is 36.3 Å². The molecular weight excluding hydrogens is 316 g/mol. The number of carbonyl (C=O) groups is 1. The second-order valence-corrected chi connectivity index (χ2v) is 7.43. The number of amides is 1. The fourth-order valence-corrected chi connectivity index (χ4v) is 4.51. The van der Waals surface area contributed by atoms with Crippen LogP contribution in [-0.4, -0.2) is 32.7 Å².